The number of esters is 1. The van der Waals surface area contributed by atoms with Crippen molar-refractivity contribution in [2.24, 2.45) is 0 Å². The van der Waals surface area contributed by atoms with Crippen LogP contribution in [0.3, 0.4) is 0 Å². The van der Waals surface area contributed by atoms with Crippen LogP contribution in [0.25, 0.3) is 21.5 Å². The number of pyridine rings is 1. The Labute approximate surface area is 172 Å². The number of benzene rings is 2. The summed E-state index contributed by atoms with van der Waals surface area (Å²) in [5.74, 6) is -0.398. The number of aryl methyl sites for hydroxylation is 2. The lowest BCUT2D eigenvalue weighted by atomic mass is 10.0. The van der Waals surface area contributed by atoms with Crippen LogP contribution >= 0.6 is 11.3 Å². The van der Waals surface area contributed by atoms with Crippen molar-refractivity contribution in [2.75, 3.05) is 0 Å². The molecule has 0 saturated heterocycles. The Morgan fingerprint density at radius 1 is 0.966 bits per heavy atom. The van der Waals surface area contributed by atoms with Crippen molar-refractivity contribution in [1.29, 1.82) is 0 Å². The second-order valence-corrected chi connectivity index (χ2v) is 7.90. The van der Waals surface area contributed by atoms with Gasteiger partial charge in [-0.25, -0.2) is 9.78 Å². The van der Waals surface area contributed by atoms with E-state index < -0.39 is 5.97 Å². The summed E-state index contributed by atoms with van der Waals surface area (Å²) in [6.45, 7) is 5.43. The van der Waals surface area contributed by atoms with E-state index in [1.807, 2.05) is 43.5 Å². The predicted molar refractivity (Wildman–Crippen MR) is 116 cm³/mol. The van der Waals surface area contributed by atoms with Crippen molar-refractivity contribution in [1.82, 2.24) is 4.98 Å². The van der Waals surface area contributed by atoms with E-state index in [9.17, 15) is 9.59 Å². The molecule has 4 rings (SSSR count). The molecule has 0 bridgehead atoms. The van der Waals surface area contributed by atoms with Crippen molar-refractivity contribution in [2.45, 2.75) is 20.8 Å². The normalized spacial score (nSPS) is 10.9. The molecule has 29 heavy (non-hydrogen) atoms. The number of hydrogen-bond donors (Lipinski definition) is 0. The van der Waals surface area contributed by atoms with Crippen molar-refractivity contribution < 1.29 is 14.3 Å². The SMILES string of the molecule is CC(=O)c1ccccc1OC(=O)c1cc(-c2cccs2)nc2c(C)cc(C)cc12. The third-order valence-electron chi connectivity index (χ3n) is 4.71. The first-order valence-electron chi connectivity index (χ1n) is 9.22. The van der Waals surface area contributed by atoms with E-state index in [4.69, 9.17) is 9.72 Å². The van der Waals surface area contributed by atoms with Crippen LogP contribution in [0, 0.1) is 13.8 Å². The Bertz CT molecular complexity index is 1240. The van der Waals surface area contributed by atoms with Gasteiger partial charge < -0.3 is 4.74 Å². The van der Waals surface area contributed by atoms with Crippen molar-refractivity contribution in [3.63, 3.8) is 0 Å². The van der Waals surface area contributed by atoms with Crippen LogP contribution in [0.1, 0.15) is 38.8 Å². The second-order valence-electron chi connectivity index (χ2n) is 6.95. The highest BCUT2D eigenvalue weighted by atomic mass is 32.1. The third-order valence-corrected chi connectivity index (χ3v) is 5.60. The van der Waals surface area contributed by atoms with E-state index in [2.05, 4.69) is 0 Å². The van der Waals surface area contributed by atoms with Crippen molar-refractivity contribution in [3.05, 3.63) is 82.2 Å². The minimum absolute atomic E-state index is 0.154. The van der Waals surface area contributed by atoms with E-state index in [0.717, 1.165) is 32.6 Å². The average Bonchev–Trinajstić information content (AvgIpc) is 3.22. The zero-order chi connectivity index (χ0) is 20.5. The number of ether oxygens (including phenoxy) is 1. The maximum atomic E-state index is 13.2. The largest absolute Gasteiger partial charge is 0.422 e. The fourth-order valence-corrected chi connectivity index (χ4v) is 4.09. The summed E-state index contributed by atoms with van der Waals surface area (Å²) in [4.78, 5) is 30.9. The number of carbonyl (C=O) groups is 2. The van der Waals surface area contributed by atoms with Gasteiger partial charge in [0.1, 0.15) is 5.75 Å². The van der Waals surface area contributed by atoms with Crippen molar-refractivity contribution >= 4 is 34.0 Å². The molecule has 0 spiro atoms. The molecule has 2 heterocycles. The van der Waals surface area contributed by atoms with E-state index in [1.54, 1.807) is 41.7 Å². The van der Waals surface area contributed by atoms with Crippen LogP contribution in [-0.2, 0) is 0 Å². The number of rotatable bonds is 4. The molecule has 4 nitrogen and oxygen atoms in total. The smallest absolute Gasteiger partial charge is 0.344 e. The third kappa shape index (κ3) is 3.69. The molecule has 0 saturated carbocycles. The van der Waals surface area contributed by atoms with Gasteiger partial charge in [-0.15, -0.1) is 11.3 Å². The van der Waals surface area contributed by atoms with Gasteiger partial charge in [0.2, 0.25) is 0 Å². The van der Waals surface area contributed by atoms with Crippen molar-refractivity contribution in [3.8, 4) is 16.3 Å². The number of carbonyl (C=O) groups excluding carboxylic acids is 2. The van der Waals surface area contributed by atoms with Crippen LogP contribution in [0.2, 0.25) is 0 Å². The summed E-state index contributed by atoms with van der Waals surface area (Å²) in [6.07, 6.45) is 0. The highest BCUT2D eigenvalue weighted by Gasteiger charge is 2.19. The molecule has 2 aromatic heterocycles. The molecule has 0 N–H and O–H groups in total. The molecule has 0 atom stereocenters. The molecule has 144 valence electrons. The predicted octanol–water partition coefficient (Wildman–Crippen LogP) is 6.00. The zero-order valence-electron chi connectivity index (χ0n) is 16.4. The molecule has 0 aliphatic rings. The van der Waals surface area contributed by atoms with Crippen LogP contribution in [-0.4, -0.2) is 16.7 Å². The number of thiophene rings is 1. The highest BCUT2D eigenvalue weighted by molar-refractivity contribution is 7.13. The number of hydrogen-bond acceptors (Lipinski definition) is 5. The average molecular weight is 401 g/mol. The summed E-state index contributed by atoms with van der Waals surface area (Å²) < 4.78 is 5.67. The molecule has 5 heteroatoms. The Morgan fingerprint density at radius 3 is 2.48 bits per heavy atom. The van der Waals surface area contributed by atoms with Gasteiger partial charge in [-0.3, -0.25) is 4.79 Å². The Kier molecular flexibility index (Phi) is 4.99. The Morgan fingerprint density at radius 2 is 1.76 bits per heavy atom. The van der Waals surface area contributed by atoms with Gasteiger partial charge in [-0.2, -0.15) is 0 Å². The topological polar surface area (TPSA) is 56.3 Å². The number of aromatic nitrogens is 1. The van der Waals surface area contributed by atoms with Crippen LogP contribution < -0.4 is 4.74 Å². The lowest BCUT2D eigenvalue weighted by Gasteiger charge is -2.13. The lowest BCUT2D eigenvalue weighted by molar-refractivity contribution is 0.0735. The molecule has 4 aromatic rings. The van der Waals surface area contributed by atoms with E-state index >= 15 is 0 Å². The molecule has 0 aliphatic carbocycles. The molecule has 0 radical (unpaired) electrons. The minimum atomic E-state index is -0.506. The fraction of sp³-hybridized carbons (Fsp3) is 0.125. The van der Waals surface area contributed by atoms with Gasteiger partial charge in [0, 0.05) is 5.39 Å². The standard InChI is InChI=1S/C24H19NO3S/c1-14-11-15(2)23-18(12-14)19(13-20(25-23)22-9-6-10-29-22)24(27)28-21-8-5-4-7-17(21)16(3)26/h4-13H,1-3H3. The van der Waals surface area contributed by atoms with Gasteiger partial charge in [-0.1, -0.05) is 29.8 Å². The van der Waals surface area contributed by atoms with E-state index in [-0.39, 0.29) is 11.5 Å². The first-order valence-corrected chi connectivity index (χ1v) is 10.1. The zero-order valence-corrected chi connectivity index (χ0v) is 17.2. The summed E-state index contributed by atoms with van der Waals surface area (Å²) in [7, 11) is 0. The molecule has 0 aliphatic heterocycles. The molecular formula is C24H19NO3S. The summed E-state index contributed by atoms with van der Waals surface area (Å²) >= 11 is 1.57. The maximum absolute atomic E-state index is 13.2. The fourth-order valence-electron chi connectivity index (χ4n) is 3.40. The highest BCUT2D eigenvalue weighted by Crippen LogP contribution is 2.31. The van der Waals surface area contributed by atoms with Crippen LogP contribution in [0.5, 0.6) is 5.75 Å². The quantitative estimate of drug-likeness (QED) is 0.239. The number of ketones is 1. The van der Waals surface area contributed by atoms with Gasteiger partial charge in [-0.05, 0) is 62.0 Å². The minimum Gasteiger partial charge on any atom is -0.422 e. The van der Waals surface area contributed by atoms with E-state index in [0.29, 0.717) is 11.1 Å². The number of nitrogens with zero attached hydrogens (tertiary/aromatic N) is 1. The Balaban J connectivity index is 1.88. The second kappa shape index (κ2) is 7.60. The van der Waals surface area contributed by atoms with Crippen LogP contribution in [0.15, 0.2) is 60.0 Å². The van der Waals surface area contributed by atoms with Crippen LogP contribution in [0.4, 0.5) is 0 Å². The monoisotopic (exact) mass is 401 g/mol. The lowest BCUT2D eigenvalue weighted by Crippen LogP contribution is -2.12. The van der Waals surface area contributed by atoms with Gasteiger partial charge in [0.25, 0.3) is 0 Å². The molecule has 2 aromatic carbocycles. The molecule has 0 unspecified atom stereocenters. The molecule has 0 amide bonds. The summed E-state index contributed by atoms with van der Waals surface area (Å²) in [5, 5.41) is 2.72. The van der Waals surface area contributed by atoms with Gasteiger partial charge in [0.05, 0.1) is 27.2 Å². The van der Waals surface area contributed by atoms with Gasteiger partial charge >= 0.3 is 5.97 Å². The van der Waals surface area contributed by atoms with Gasteiger partial charge in [0.15, 0.2) is 5.78 Å². The molecular weight excluding hydrogens is 382 g/mol. The first-order chi connectivity index (χ1) is 13.9. The summed E-state index contributed by atoms with van der Waals surface area (Å²) in [6, 6.07) is 16.5. The number of Topliss-reactive ketones (excluding diaryl/α,β-unsaturated/α-hetero) is 1. The molecule has 0 fully saturated rings. The summed E-state index contributed by atoms with van der Waals surface area (Å²) in [5.41, 5.74) is 4.35. The maximum Gasteiger partial charge on any atom is 0.344 e. The first kappa shape index (κ1) is 19.0. The number of fused-ring (bicyclic) bond motifs is 1. The number of para-hydroxylation sites is 1. The van der Waals surface area contributed by atoms with E-state index in [1.165, 1.54) is 6.92 Å². The Hall–Kier alpha value is -3.31.